The Kier molecular flexibility index (Phi) is 6.04. The summed E-state index contributed by atoms with van der Waals surface area (Å²) < 4.78 is 4.80. The van der Waals surface area contributed by atoms with E-state index in [9.17, 15) is 4.79 Å². The molecule has 70 valence electrons. The molecular formula is C6H10O4S2. The summed E-state index contributed by atoms with van der Waals surface area (Å²) >= 11 is 8.44. The largest absolute Gasteiger partial charge is 0.484 e. The smallest absolute Gasteiger partial charge is 0.306 e. The topological polar surface area (TPSA) is 66.8 Å². The number of rotatable bonds is 5. The minimum atomic E-state index is -1.21. The van der Waals surface area contributed by atoms with Crippen LogP contribution in [0.2, 0.25) is 0 Å². The minimum absolute atomic E-state index is 0.0912. The van der Waals surface area contributed by atoms with Gasteiger partial charge >= 0.3 is 5.97 Å². The average molecular weight is 210 g/mol. The van der Waals surface area contributed by atoms with Crippen molar-refractivity contribution in [1.82, 2.24) is 0 Å². The van der Waals surface area contributed by atoms with Gasteiger partial charge in [0.05, 0.1) is 13.0 Å². The number of carbonyl (C=O) groups is 1. The van der Waals surface area contributed by atoms with Crippen LogP contribution in [0.15, 0.2) is 0 Å². The highest BCUT2D eigenvalue weighted by Crippen LogP contribution is 1.97. The fraction of sp³-hybridized carbons (Fsp3) is 0.667. The molecule has 0 bridgehead atoms. The normalized spacial score (nSPS) is 12.2. The van der Waals surface area contributed by atoms with Gasteiger partial charge in [-0.3, -0.25) is 4.79 Å². The first kappa shape index (κ1) is 11.7. The van der Waals surface area contributed by atoms with Gasteiger partial charge < -0.3 is 14.9 Å². The average Bonchev–Trinajstić information content (AvgIpc) is 1.98. The van der Waals surface area contributed by atoms with E-state index in [-0.39, 0.29) is 11.7 Å². The molecule has 0 aliphatic carbocycles. The zero-order valence-electron chi connectivity index (χ0n) is 6.27. The summed E-state index contributed by atoms with van der Waals surface area (Å²) in [7, 11) is 0. The molecule has 0 saturated heterocycles. The number of carboxylic acids is 1. The zero-order chi connectivity index (χ0) is 9.56. The molecule has 0 radical (unpaired) electrons. The molecule has 0 amide bonds. The van der Waals surface area contributed by atoms with E-state index in [0.717, 1.165) is 0 Å². The molecule has 0 saturated carbocycles. The summed E-state index contributed by atoms with van der Waals surface area (Å²) in [4.78, 5) is 10.1. The molecule has 12 heavy (non-hydrogen) atoms. The first-order valence-corrected chi connectivity index (χ1v) is 4.29. The second-order valence-corrected chi connectivity index (χ2v) is 2.85. The summed E-state index contributed by atoms with van der Waals surface area (Å²) in [5.41, 5.74) is 0. The Morgan fingerprint density at radius 3 is 2.67 bits per heavy atom. The molecule has 0 spiro atoms. The Balaban J connectivity index is 3.69. The number of carboxylic acid groups (broad SMARTS) is 1. The minimum Gasteiger partial charge on any atom is -0.484 e. The maximum atomic E-state index is 10.1. The molecule has 0 aromatic carbocycles. The Morgan fingerprint density at radius 2 is 2.25 bits per heavy atom. The Morgan fingerprint density at radius 1 is 1.67 bits per heavy atom. The second-order valence-electron chi connectivity index (χ2n) is 2.00. The highest BCUT2D eigenvalue weighted by atomic mass is 32.1. The van der Waals surface area contributed by atoms with Crippen LogP contribution in [0.25, 0.3) is 0 Å². The molecule has 0 aromatic rings. The summed E-state index contributed by atoms with van der Waals surface area (Å²) in [5.74, 6) is -0.640. The van der Waals surface area contributed by atoms with Crippen molar-refractivity contribution >= 4 is 35.9 Å². The molecular weight excluding hydrogens is 200 g/mol. The standard InChI is InChI=1S/C6H10O4S2/c7-4(3-5(8)9)6(12)10-1-2-11/h4,7,11H,1-3H2,(H,8,9). The van der Waals surface area contributed by atoms with E-state index in [1.807, 2.05) is 0 Å². The predicted octanol–water partition coefficient (Wildman–Crippen LogP) is 0.0958. The van der Waals surface area contributed by atoms with Crippen LogP contribution in [-0.4, -0.2) is 39.7 Å². The fourth-order valence-electron chi connectivity index (χ4n) is 0.491. The number of aliphatic hydroxyl groups is 1. The number of hydrogen-bond donors (Lipinski definition) is 3. The fourth-order valence-corrected chi connectivity index (χ4v) is 0.749. The van der Waals surface area contributed by atoms with Crippen LogP contribution in [0.5, 0.6) is 0 Å². The van der Waals surface area contributed by atoms with E-state index in [1.165, 1.54) is 0 Å². The van der Waals surface area contributed by atoms with Crippen molar-refractivity contribution in [1.29, 1.82) is 0 Å². The van der Waals surface area contributed by atoms with Gasteiger partial charge in [0.1, 0.15) is 6.10 Å². The number of aliphatic carboxylic acids is 1. The highest BCUT2D eigenvalue weighted by Gasteiger charge is 2.15. The number of aliphatic hydroxyl groups excluding tert-OH is 1. The number of ether oxygens (including phenoxy) is 1. The summed E-state index contributed by atoms with van der Waals surface area (Å²) in [5, 5.41) is 17.2. The number of thiocarbonyl (C=S) groups is 1. The van der Waals surface area contributed by atoms with Crippen molar-refractivity contribution in [2.75, 3.05) is 12.4 Å². The van der Waals surface area contributed by atoms with Gasteiger partial charge in [-0.05, 0) is 12.2 Å². The van der Waals surface area contributed by atoms with Crippen molar-refractivity contribution in [3.05, 3.63) is 0 Å². The van der Waals surface area contributed by atoms with Crippen LogP contribution >= 0.6 is 24.8 Å². The third kappa shape index (κ3) is 5.34. The Bertz CT molecular complexity index is 171. The van der Waals surface area contributed by atoms with Crippen LogP contribution < -0.4 is 0 Å². The van der Waals surface area contributed by atoms with E-state index in [1.54, 1.807) is 0 Å². The maximum Gasteiger partial charge on any atom is 0.306 e. The molecule has 0 aliphatic rings. The van der Waals surface area contributed by atoms with Crippen LogP contribution in [-0.2, 0) is 9.53 Å². The van der Waals surface area contributed by atoms with E-state index in [2.05, 4.69) is 24.8 Å². The van der Waals surface area contributed by atoms with Crippen molar-refractivity contribution in [2.45, 2.75) is 12.5 Å². The van der Waals surface area contributed by atoms with Crippen molar-refractivity contribution < 1.29 is 19.7 Å². The van der Waals surface area contributed by atoms with Crippen molar-refractivity contribution in [3.8, 4) is 0 Å². The molecule has 0 fully saturated rings. The van der Waals surface area contributed by atoms with Crippen molar-refractivity contribution in [3.63, 3.8) is 0 Å². The molecule has 0 heterocycles. The molecule has 0 rings (SSSR count). The third-order valence-electron chi connectivity index (χ3n) is 0.976. The maximum absolute atomic E-state index is 10.1. The molecule has 1 unspecified atom stereocenters. The first-order chi connectivity index (χ1) is 5.57. The lowest BCUT2D eigenvalue weighted by atomic mass is 10.3. The van der Waals surface area contributed by atoms with Crippen LogP contribution in [0.1, 0.15) is 6.42 Å². The molecule has 2 N–H and O–H groups in total. The molecule has 0 aliphatic heterocycles. The SMILES string of the molecule is O=C(O)CC(O)C(=S)OCCS. The molecule has 0 aromatic heterocycles. The predicted molar refractivity (Wildman–Crippen MR) is 50.7 cm³/mol. The van der Waals surface area contributed by atoms with Crippen LogP contribution in [0, 0.1) is 0 Å². The van der Waals surface area contributed by atoms with E-state index in [4.69, 9.17) is 14.9 Å². The lowest BCUT2D eigenvalue weighted by molar-refractivity contribution is -0.138. The van der Waals surface area contributed by atoms with Crippen molar-refractivity contribution in [2.24, 2.45) is 0 Å². The quantitative estimate of drug-likeness (QED) is 0.443. The van der Waals surface area contributed by atoms with E-state index < -0.39 is 18.5 Å². The monoisotopic (exact) mass is 210 g/mol. The first-order valence-electron chi connectivity index (χ1n) is 3.25. The lowest BCUT2D eigenvalue weighted by Crippen LogP contribution is -2.24. The highest BCUT2D eigenvalue weighted by molar-refractivity contribution is 7.80. The summed E-state index contributed by atoms with van der Waals surface area (Å²) in [6.45, 7) is 0.276. The summed E-state index contributed by atoms with van der Waals surface area (Å²) in [6, 6.07) is 0. The van der Waals surface area contributed by atoms with Gasteiger partial charge in [0, 0.05) is 5.75 Å². The lowest BCUT2D eigenvalue weighted by Gasteiger charge is -2.10. The van der Waals surface area contributed by atoms with E-state index in [0.29, 0.717) is 5.75 Å². The van der Waals surface area contributed by atoms with Crippen LogP contribution in [0.3, 0.4) is 0 Å². The van der Waals surface area contributed by atoms with Gasteiger partial charge in [0.2, 0.25) is 0 Å². The van der Waals surface area contributed by atoms with Gasteiger partial charge in [0.15, 0.2) is 5.05 Å². The van der Waals surface area contributed by atoms with Crippen LogP contribution in [0.4, 0.5) is 0 Å². The summed E-state index contributed by atoms with van der Waals surface area (Å²) in [6.07, 6.45) is -1.64. The molecule has 1 atom stereocenters. The zero-order valence-corrected chi connectivity index (χ0v) is 7.98. The second kappa shape index (κ2) is 6.22. The molecule has 6 heteroatoms. The number of thiol groups is 1. The molecule has 4 nitrogen and oxygen atoms in total. The Hall–Kier alpha value is -0.330. The van der Waals surface area contributed by atoms with Gasteiger partial charge in [-0.1, -0.05) is 0 Å². The van der Waals surface area contributed by atoms with E-state index >= 15 is 0 Å². The van der Waals surface area contributed by atoms with Gasteiger partial charge in [-0.25, -0.2) is 0 Å². The van der Waals surface area contributed by atoms with Gasteiger partial charge in [0.25, 0.3) is 0 Å². The Labute approximate surface area is 80.9 Å². The third-order valence-corrected chi connectivity index (χ3v) is 1.55. The number of hydrogen-bond acceptors (Lipinski definition) is 5. The van der Waals surface area contributed by atoms with Gasteiger partial charge in [-0.2, -0.15) is 12.6 Å². The van der Waals surface area contributed by atoms with Gasteiger partial charge in [-0.15, -0.1) is 0 Å².